The summed E-state index contributed by atoms with van der Waals surface area (Å²) < 4.78 is 13.2. The Hall–Kier alpha value is -0.430. The number of hydrogen-bond donors (Lipinski definition) is 0. The van der Waals surface area contributed by atoms with Crippen molar-refractivity contribution in [2.24, 2.45) is 11.8 Å². The number of fused-ring (bicyclic) bond motifs is 1. The van der Waals surface area contributed by atoms with Crippen molar-refractivity contribution in [2.75, 3.05) is 0 Å². The van der Waals surface area contributed by atoms with E-state index in [0.717, 1.165) is 23.1 Å². The molecule has 3 fully saturated rings. The predicted octanol–water partition coefficient (Wildman–Crippen LogP) is 3.60. The molecule has 19 heavy (non-hydrogen) atoms. The van der Waals surface area contributed by atoms with Crippen LogP contribution in [-0.2, 0) is 9.47 Å². The summed E-state index contributed by atoms with van der Waals surface area (Å²) in [5.74, 6) is 4.06. The van der Waals surface area contributed by atoms with Gasteiger partial charge in [-0.05, 0) is 12.5 Å². The van der Waals surface area contributed by atoms with Gasteiger partial charge in [-0.1, -0.05) is 34.9 Å². The molecule has 0 aromatic rings. The van der Waals surface area contributed by atoms with Crippen LogP contribution < -0.4 is 0 Å². The minimum Gasteiger partial charge on any atom is -0.491 e. The molecule has 4 heteroatoms. The summed E-state index contributed by atoms with van der Waals surface area (Å²) in [6.45, 7) is 2.11. The number of hydrogen-bond acceptors (Lipinski definition) is 2. The topological polar surface area (TPSA) is 18.5 Å². The molecule has 3 heterocycles. The lowest BCUT2D eigenvalue weighted by molar-refractivity contribution is 0.0690. The summed E-state index contributed by atoms with van der Waals surface area (Å²) in [6, 6.07) is 0. The van der Waals surface area contributed by atoms with Gasteiger partial charge in [0.1, 0.15) is 18.0 Å². The van der Waals surface area contributed by atoms with Crippen LogP contribution in [0.15, 0.2) is 22.4 Å². The lowest BCUT2D eigenvalue weighted by Gasteiger charge is -2.25. The molecule has 5 unspecified atom stereocenters. The van der Waals surface area contributed by atoms with E-state index >= 15 is 0 Å². The van der Waals surface area contributed by atoms with Crippen LogP contribution in [0.4, 0.5) is 0 Å². The van der Waals surface area contributed by atoms with E-state index in [1.54, 1.807) is 6.08 Å². The second kappa shape index (κ2) is 5.16. The number of rotatable bonds is 3. The highest BCUT2D eigenvalue weighted by Gasteiger charge is 2.63. The van der Waals surface area contributed by atoms with E-state index in [9.17, 15) is 0 Å². The zero-order valence-electron chi connectivity index (χ0n) is 10.7. The molecule has 0 amide bonds. The van der Waals surface area contributed by atoms with E-state index in [0.29, 0.717) is 0 Å². The minimum absolute atomic E-state index is 0.106. The Labute approximate surface area is 127 Å². The van der Waals surface area contributed by atoms with Crippen molar-refractivity contribution in [1.82, 2.24) is 0 Å². The van der Waals surface area contributed by atoms with Crippen molar-refractivity contribution in [3.8, 4) is 12.3 Å². The Bertz CT molecular complexity index is 477. The van der Waals surface area contributed by atoms with Gasteiger partial charge in [0.2, 0.25) is 0 Å². The first-order valence-electron chi connectivity index (χ1n) is 6.64. The Morgan fingerprint density at radius 1 is 1.63 bits per heavy atom. The van der Waals surface area contributed by atoms with E-state index in [1.807, 2.05) is 6.08 Å². The van der Waals surface area contributed by atoms with Gasteiger partial charge < -0.3 is 9.47 Å². The molecule has 0 spiro atoms. The number of halogens is 2. The van der Waals surface area contributed by atoms with Crippen LogP contribution in [0.3, 0.4) is 0 Å². The largest absolute Gasteiger partial charge is 0.491 e. The fourth-order valence-corrected chi connectivity index (χ4v) is 4.25. The molecule has 3 rings (SSSR count). The van der Waals surface area contributed by atoms with Gasteiger partial charge in [0.05, 0.1) is 17.4 Å². The van der Waals surface area contributed by atoms with Gasteiger partial charge in [0.25, 0.3) is 0 Å². The van der Waals surface area contributed by atoms with Gasteiger partial charge in [-0.25, -0.2) is 0 Å². The summed E-state index contributed by atoms with van der Waals surface area (Å²) in [7, 11) is 0. The second-order valence-electron chi connectivity index (χ2n) is 5.23. The van der Waals surface area contributed by atoms with E-state index in [2.05, 4.69) is 28.8 Å². The van der Waals surface area contributed by atoms with E-state index in [-0.39, 0.29) is 35.5 Å². The summed E-state index contributed by atoms with van der Waals surface area (Å²) in [5, 5.41) is -0.106. The summed E-state index contributed by atoms with van der Waals surface area (Å²) in [4.78, 5) is 0. The first-order chi connectivity index (χ1) is 9.17. The van der Waals surface area contributed by atoms with Crippen LogP contribution >= 0.6 is 27.5 Å². The molecule has 0 radical (unpaired) electrons. The van der Waals surface area contributed by atoms with Crippen molar-refractivity contribution in [2.45, 2.75) is 43.5 Å². The van der Waals surface area contributed by atoms with Gasteiger partial charge >= 0.3 is 0 Å². The molecule has 2 bridgehead atoms. The maximum absolute atomic E-state index is 6.51. The van der Waals surface area contributed by atoms with Crippen molar-refractivity contribution >= 4 is 27.5 Å². The van der Waals surface area contributed by atoms with Crippen LogP contribution in [0, 0.1) is 24.2 Å². The van der Waals surface area contributed by atoms with Gasteiger partial charge in [0, 0.05) is 16.8 Å². The van der Waals surface area contributed by atoms with Crippen LogP contribution in [-0.4, -0.2) is 23.7 Å². The van der Waals surface area contributed by atoms with Crippen LogP contribution in [0.25, 0.3) is 0 Å². The molecule has 0 aromatic heterocycles. The first-order valence-corrected chi connectivity index (χ1v) is 7.87. The number of alkyl halides is 1. The van der Waals surface area contributed by atoms with Gasteiger partial charge in [-0.3, -0.25) is 0 Å². The third-order valence-corrected chi connectivity index (χ3v) is 5.65. The Morgan fingerprint density at radius 3 is 3.11 bits per heavy atom. The Kier molecular flexibility index (Phi) is 3.68. The van der Waals surface area contributed by atoms with Crippen molar-refractivity contribution < 1.29 is 9.47 Å². The molecule has 3 saturated heterocycles. The molecule has 0 N–H and O–H groups in total. The van der Waals surface area contributed by atoms with E-state index in [4.69, 9.17) is 27.5 Å². The molecule has 2 nitrogen and oxygen atoms in total. The normalized spacial score (nSPS) is 43.4. The van der Waals surface area contributed by atoms with Gasteiger partial charge in [-0.2, -0.15) is 0 Å². The summed E-state index contributed by atoms with van der Waals surface area (Å²) in [5.41, 5.74) is 0. The molecular weight excluding hydrogens is 328 g/mol. The maximum atomic E-state index is 6.51. The number of ether oxygens (including phenoxy) is 2. The van der Waals surface area contributed by atoms with Crippen LogP contribution in [0.5, 0.6) is 0 Å². The highest BCUT2D eigenvalue weighted by Crippen LogP contribution is 2.56. The van der Waals surface area contributed by atoms with Crippen molar-refractivity contribution in [3.05, 3.63) is 22.4 Å². The van der Waals surface area contributed by atoms with Gasteiger partial charge in [-0.15, -0.1) is 18.0 Å². The molecule has 102 valence electrons. The Balaban J connectivity index is 1.91. The fourth-order valence-electron chi connectivity index (χ4n) is 3.50. The number of terminal acetylenes is 1. The highest BCUT2D eigenvalue weighted by atomic mass is 79.9. The maximum Gasteiger partial charge on any atom is 0.128 e. The number of allylic oxidation sites excluding steroid dienone is 3. The molecule has 0 aliphatic carbocycles. The highest BCUT2D eigenvalue weighted by molar-refractivity contribution is 9.11. The lowest BCUT2D eigenvalue weighted by Crippen LogP contribution is -2.34. The standard InChI is InChI=1S/C15H16BrClO2/c1-3-5-6-9(17)12-10-7-11-15(18-10)13(12)14(19-11)8(16)4-2/h1,5-6,9-13,15H,4,7H2,2H3/b6-5+,14-8-/t9-,10?,11?,12?,13?,15?/m1/s1. The van der Waals surface area contributed by atoms with Crippen molar-refractivity contribution in [1.29, 1.82) is 0 Å². The molecule has 3 aliphatic heterocycles. The zero-order valence-corrected chi connectivity index (χ0v) is 13.0. The molecule has 6 atom stereocenters. The summed E-state index contributed by atoms with van der Waals surface area (Å²) in [6.07, 6.45) is 11.3. The Morgan fingerprint density at radius 2 is 2.42 bits per heavy atom. The second-order valence-corrected chi connectivity index (χ2v) is 6.69. The average Bonchev–Trinajstić information content (AvgIpc) is 3.02. The summed E-state index contributed by atoms with van der Waals surface area (Å²) >= 11 is 10.1. The van der Waals surface area contributed by atoms with E-state index in [1.165, 1.54) is 0 Å². The average molecular weight is 344 g/mol. The quantitative estimate of drug-likeness (QED) is 0.576. The fraction of sp³-hybridized carbons (Fsp3) is 0.600. The monoisotopic (exact) mass is 342 g/mol. The van der Waals surface area contributed by atoms with Crippen LogP contribution in [0.1, 0.15) is 19.8 Å². The van der Waals surface area contributed by atoms with Crippen LogP contribution in [0.2, 0.25) is 0 Å². The zero-order chi connectivity index (χ0) is 13.6. The molecule has 0 saturated carbocycles. The smallest absolute Gasteiger partial charge is 0.128 e. The molecule has 0 aromatic carbocycles. The predicted molar refractivity (Wildman–Crippen MR) is 79.0 cm³/mol. The first kappa shape index (κ1) is 13.5. The van der Waals surface area contributed by atoms with Gasteiger partial charge in [0.15, 0.2) is 0 Å². The molecule has 3 aliphatic rings. The third-order valence-electron chi connectivity index (χ3n) is 4.26. The molecular formula is C15H16BrClO2. The van der Waals surface area contributed by atoms with Crippen molar-refractivity contribution in [3.63, 3.8) is 0 Å². The SMILES string of the molecule is C#C/C=C/[C@@H](Cl)C1C2CC3O/C(=C(\Br)CC)C1C3O2. The minimum atomic E-state index is -0.106. The lowest BCUT2D eigenvalue weighted by atomic mass is 9.77. The third kappa shape index (κ3) is 2.05. The van der Waals surface area contributed by atoms with E-state index < -0.39 is 0 Å².